The highest BCUT2D eigenvalue weighted by atomic mass is 31.2. The van der Waals surface area contributed by atoms with Crippen LogP contribution in [0.3, 0.4) is 0 Å². The first-order valence-corrected chi connectivity index (χ1v) is 23.5. The highest BCUT2D eigenvalue weighted by molar-refractivity contribution is 7.47. The third-order valence-corrected chi connectivity index (χ3v) is 10.0. The Morgan fingerprint density at radius 2 is 0.964 bits per heavy atom. The van der Waals surface area contributed by atoms with Gasteiger partial charge in [0.2, 0.25) is 0 Å². The lowest BCUT2D eigenvalue weighted by molar-refractivity contribution is -0.870. The van der Waals surface area contributed by atoms with Crippen molar-refractivity contribution in [3.8, 4) is 0 Å². The lowest BCUT2D eigenvalue weighted by Crippen LogP contribution is -2.37. The first-order valence-electron chi connectivity index (χ1n) is 22.0. The van der Waals surface area contributed by atoms with E-state index >= 15 is 0 Å². The van der Waals surface area contributed by atoms with Gasteiger partial charge in [-0.3, -0.25) is 18.6 Å². The number of ether oxygens (including phenoxy) is 2. The Morgan fingerprint density at radius 3 is 1.43 bits per heavy atom. The molecule has 0 heterocycles. The molecule has 9 nitrogen and oxygen atoms in total. The predicted molar refractivity (Wildman–Crippen MR) is 233 cm³/mol. The maximum absolute atomic E-state index is 12.6. The quantitative estimate of drug-likeness (QED) is 0.0215. The third-order valence-electron chi connectivity index (χ3n) is 9.05. The van der Waals surface area contributed by atoms with E-state index < -0.39 is 32.5 Å². The van der Waals surface area contributed by atoms with E-state index in [9.17, 15) is 19.0 Å². The monoisotopic (exact) mass is 809 g/mol. The number of phosphoric ester groups is 1. The van der Waals surface area contributed by atoms with Gasteiger partial charge in [-0.15, -0.1) is 0 Å². The number of unbranched alkanes of at least 4 members (excludes halogenated alkanes) is 15. The molecule has 0 aliphatic heterocycles. The minimum atomic E-state index is -4.40. The molecule has 56 heavy (non-hydrogen) atoms. The summed E-state index contributed by atoms with van der Waals surface area (Å²) in [7, 11) is 1.41. The maximum Gasteiger partial charge on any atom is 0.472 e. The number of phosphoric acid groups is 1. The van der Waals surface area contributed by atoms with Crippen molar-refractivity contribution in [2.24, 2.45) is 0 Å². The van der Waals surface area contributed by atoms with E-state index in [0.717, 1.165) is 32.1 Å². The summed E-state index contributed by atoms with van der Waals surface area (Å²) in [4.78, 5) is 35.3. The average molecular weight is 809 g/mol. The van der Waals surface area contributed by atoms with Crippen molar-refractivity contribution < 1.29 is 42.1 Å². The second-order valence-corrected chi connectivity index (χ2v) is 17.2. The molecular weight excluding hydrogens is 725 g/mol. The van der Waals surface area contributed by atoms with E-state index in [1.54, 1.807) is 0 Å². The second-order valence-electron chi connectivity index (χ2n) is 15.7. The first kappa shape index (κ1) is 53.7. The molecule has 0 radical (unpaired) electrons. The van der Waals surface area contributed by atoms with Gasteiger partial charge in [0.25, 0.3) is 0 Å². The van der Waals surface area contributed by atoms with E-state index in [4.69, 9.17) is 18.5 Å². The molecule has 10 heteroatoms. The van der Waals surface area contributed by atoms with Gasteiger partial charge in [0.15, 0.2) is 6.10 Å². The average Bonchev–Trinajstić information content (AvgIpc) is 3.15. The van der Waals surface area contributed by atoms with Crippen LogP contribution in [0.25, 0.3) is 0 Å². The summed E-state index contributed by atoms with van der Waals surface area (Å²) in [5.74, 6) is -0.968. The molecule has 0 aromatic rings. The molecule has 0 aromatic heterocycles. The number of likely N-dealkylation sites (N-methyl/N-ethyl adjacent to an activating group) is 1. The fourth-order valence-electron chi connectivity index (χ4n) is 5.57. The van der Waals surface area contributed by atoms with Crippen molar-refractivity contribution in [1.29, 1.82) is 0 Å². The van der Waals surface area contributed by atoms with Crippen LogP contribution in [-0.4, -0.2) is 74.9 Å². The zero-order valence-corrected chi connectivity index (χ0v) is 37.2. The van der Waals surface area contributed by atoms with Crippen molar-refractivity contribution in [3.05, 3.63) is 60.8 Å². The minimum Gasteiger partial charge on any atom is -0.462 e. The Kier molecular flexibility index (Phi) is 36.7. The van der Waals surface area contributed by atoms with Gasteiger partial charge in [-0.25, -0.2) is 4.57 Å². The first-order chi connectivity index (χ1) is 27.0. The number of carbonyl (C=O) groups excluding carboxylic acids is 2. The van der Waals surface area contributed by atoms with Gasteiger partial charge in [0, 0.05) is 12.8 Å². The van der Waals surface area contributed by atoms with Gasteiger partial charge in [0.05, 0.1) is 27.7 Å². The van der Waals surface area contributed by atoms with Crippen LogP contribution in [0.1, 0.15) is 168 Å². The van der Waals surface area contributed by atoms with Crippen LogP contribution in [0.5, 0.6) is 0 Å². The summed E-state index contributed by atoms with van der Waals surface area (Å²) >= 11 is 0. The normalized spacial score (nSPS) is 14.2. The van der Waals surface area contributed by atoms with Crippen LogP contribution in [0, 0.1) is 0 Å². The SMILES string of the molecule is CCCCCCCCC/C=C\C/C=C\C/C=C\CCC(=O)OC(COC(=O)CC/C=C\C/C=C\CCCCCCCCCC)COP(=O)(O)OCC[N+](C)(C)C. The van der Waals surface area contributed by atoms with Gasteiger partial charge >= 0.3 is 19.8 Å². The molecule has 0 fully saturated rings. The highest BCUT2D eigenvalue weighted by Gasteiger charge is 2.27. The third kappa shape index (κ3) is 41.3. The summed E-state index contributed by atoms with van der Waals surface area (Å²) < 4.78 is 34.1. The Bertz CT molecular complexity index is 1140. The van der Waals surface area contributed by atoms with Gasteiger partial charge in [-0.1, -0.05) is 158 Å². The van der Waals surface area contributed by atoms with Gasteiger partial charge in [-0.05, 0) is 57.8 Å². The summed E-state index contributed by atoms with van der Waals surface area (Å²) in [6.07, 6.45) is 45.9. The molecule has 0 saturated heterocycles. The van der Waals surface area contributed by atoms with Crippen LogP contribution >= 0.6 is 7.82 Å². The van der Waals surface area contributed by atoms with Gasteiger partial charge in [-0.2, -0.15) is 0 Å². The number of quaternary nitrogens is 1. The summed E-state index contributed by atoms with van der Waals surface area (Å²) in [5.41, 5.74) is 0. The maximum atomic E-state index is 12.6. The van der Waals surface area contributed by atoms with Gasteiger partial charge < -0.3 is 18.9 Å². The standard InChI is InChI=1S/C46H82NO8P/c1-6-8-10-12-14-16-18-20-22-23-25-27-29-31-33-35-37-39-46(49)55-44(43-54-56(50,51)53-41-40-47(3,4)5)42-52-45(48)38-36-34-32-30-28-26-24-21-19-17-15-13-11-9-7-2/h22-23,26-29,32-35,44H,6-21,24-25,30-31,36-43H2,1-5H3/p+1/b23-22-,28-26-,29-27-,34-32-,35-33-. The lowest BCUT2D eigenvalue weighted by Gasteiger charge is -2.24. The Hall–Kier alpha value is -2.29. The number of carbonyl (C=O) groups is 2. The van der Waals surface area contributed by atoms with E-state index in [2.05, 4.69) is 50.3 Å². The van der Waals surface area contributed by atoms with Crippen LogP contribution in [0.4, 0.5) is 0 Å². The highest BCUT2D eigenvalue weighted by Crippen LogP contribution is 2.43. The second kappa shape index (κ2) is 38.2. The fourth-order valence-corrected chi connectivity index (χ4v) is 6.31. The van der Waals surface area contributed by atoms with E-state index in [1.165, 1.54) is 96.3 Å². The molecule has 0 aliphatic carbocycles. The molecule has 0 rings (SSSR count). The molecule has 0 amide bonds. The molecule has 0 bridgehead atoms. The molecular formula is C46H83NO8P+. The summed E-state index contributed by atoms with van der Waals surface area (Å²) in [5, 5.41) is 0. The summed E-state index contributed by atoms with van der Waals surface area (Å²) in [6.45, 7) is 4.26. The van der Waals surface area contributed by atoms with Crippen molar-refractivity contribution in [3.63, 3.8) is 0 Å². The fraction of sp³-hybridized carbons (Fsp3) is 0.739. The smallest absolute Gasteiger partial charge is 0.462 e. The van der Waals surface area contributed by atoms with Crippen molar-refractivity contribution >= 4 is 19.8 Å². The number of hydrogen-bond acceptors (Lipinski definition) is 7. The molecule has 324 valence electrons. The van der Waals surface area contributed by atoms with Gasteiger partial charge in [0.1, 0.15) is 19.8 Å². The number of hydrogen-bond donors (Lipinski definition) is 1. The van der Waals surface area contributed by atoms with Crippen LogP contribution < -0.4 is 0 Å². The number of rotatable bonds is 39. The number of nitrogens with zero attached hydrogens (tertiary/aromatic N) is 1. The van der Waals surface area contributed by atoms with Crippen molar-refractivity contribution in [2.75, 3.05) is 47.5 Å². The van der Waals surface area contributed by atoms with Crippen molar-refractivity contribution in [2.45, 2.75) is 174 Å². The molecule has 0 spiro atoms. The molecule has 0 aliphatic rings. The predicted octanol–water partition coefficient (Wildman–Crippen LogP) is 12.5. The Labute approximate surface area is 343 Å². The minimum absolute atomic E-state index is 0.0107. The van der Waals surface area contributed by atoms with E-state index in [-0.39, 0.29) is 26.1 Å². The topological polar surface area (TPSA) is 108 Å². The number of esters is 2. The largest absolute Gasteiger partial charge is 0.472 e. The molecule has 0 aromatic carbocycles. The molecule has 0 saturated carbocycles. The van der Waals surface area contributed by atoms with Crippen LogP contribution in [0.2, 0.25) is 0 Å². The lowest BCUT2D eigenvalue weighted by atomic mass is 10.1. The molecule has 2 atom stereocenters. The Morgan fingerprint density at radius 1 is 0.554 bits per heavy atom. The zero-order chi connectivity index (χ0) is 41.4. The van der Waals surface area contributed by atoms with E-state index in [1.807, 2.05) is 45.4 Å². The summed E-state index contributed by atoms with van der Waals surface area (Å²) in [6, 6.07) is 0. The number of allylic oxidation sites excluding steroid dienone is 10. The van der Waals surface area contributed by atoms with Crippen molar-refractivity contribution in [1.82, 2.24) is 0 Å². The van der Waals surface area contributed by atoms with Crippen LogP contribution in [0.15, 0.2) is 60.8 Å². The molecule has 2 unspecified atom stereocenters. The Balaban J connectivity index is 4.55. The van der Waals surface area contributed by atoms with Crippen LogP contribution in [-0.2, 0) is 32.7 Å². The van der Waals surface area contributed by atoms with E-state index in [0.29, 0.717) is 23.9 Å². The molecule has 1 N–H and O–H groups in total. The zero-order valence-electron chi connectivity index (χ0n) is 36.3.